The van der Waals surface area contributed by atoms with E-state index in [4.69, 9.17) is 11.0 Å². The highest BCUT2D eigenvalue weighted by Gasteiger charge is 2.11. The van der Waals surface area contributed by atoms with Crippen molar-refractivity contribution in [3.05, 3.63) is 39.2 Å². The Morgan fingerprint density at radius 1 is 1.33 bits per heavy atom. The smallest absolute Gasteiger partial charge is 0.223 e. The van der Waals surface area contributed by atoms with Crippen LogP contribution >= 0.6 is 27.3 Å². The Balaban J connectivity index is 2.08. The Morgan fingerprint density at radius 2 is 2.14 bits per heavy atom. The molecule has 0 saturated carbocycles. The van der Waals surface area contributed by atoms with E-state index in [2.05, 4.69) is 37.3 Å². The average molecular weight is 360 g/mol. The van der Waals surface area contributed by atoms with E-state index in [9.17, 15) is 0 Å². The van der Waals surface area contributed by atoms with Gasteiger partial charge in [-0.1, -0.05) is 0 Å². The van der Waals surface area contributed by atoms with E-state index in [0.29, 0.717) is 11.4 Å². The van der Waals surface area contributed by atoms with Crippen molar-refractivity contribution in [3.63, 3.8) is 0 Å². The number of aryl methyl sites for hydroxylation is 1. The summed E-state index contributed by atoms with van der Waals surface area (Å²) in [6.45, 7) is 2.02. The molecule has 0 atom stereocenters. The number of thiophene rings is 1. The van der Waals surface area contributed by atoms with Gasteiger partial charge in [-0.3, -0.25) is 0 Å². The average Bonchev–Trinajstić information content (AvgIpc) is 2.81. The first kappa shape index (κ1) is 13.8. The van der Waals surface area contributed by atoms with Gasteiger partial charge in [0, 0.05) is 9.35 Å². The van der Waals surface area contributed by atoms with Crippen LogP contribution in [0.2, 0.25) is 0 Å². The Bertz CT molecular complexity index is 881. The number of nitrogens with one attached hydrogen (secondary N) is 1. The number of nitriles is 1. The molecule has 0 aliphatic heterocycles. The second-order valence-corrected chi connectivity index (χ2v) is 6.53. The molecule has 2 heterocycles. The summed E-state index contributed by atoms with van der Waals surface area (Å²) in [7, 11) is 0. The van der Waals surface area contributed by atoms with E-state index < -0.39 is 0 Å². The van der Waals surface area contributed by atoms with Gasteiger partial charge in [0.15, 0.2) is 0 Å². The molecule has 3 rings (SSSR count). The molecule has 21 heavy (non-hydrogen) atoms. The number of anilines is 3. The molecular weight excluding hydrogens is 350 g/mol. The van der Waals surface area contributed by atoms with Crippen molar-refractivity contribution >= 4 is 54.9 Å². The van der Waals surface area contributed by atoms with Crippen molar-refractivity contribution in [2.75, 3.05) is 11.1 Å². The Kier molecular flexibility index (Phi) is 3.49. The summed E-state index contributed by atoms with van der Waals surface area (Å²) >= 11 is 5.02. The third-order valence-electron chi connectivity index (χ3n) is 2.88. The van der Waals surface area contributed by atoms with Crippen molar-refractivity contribution in [1.29, 1.82) is 5.26 Å². The van der Waals surface area contributed by atoms with Crippen LogP contribution in [0.25, 0.3) is 10.2 Å². The number of halogens is 1. The minimum Gasteiger partial charge on any atom is -0.368 e. The van der Waals surface area contributed by atoms with Crippen molar-refractivity contribution in [2.45, 2.75) is 6.92 Å². The first-order chi connectivity index (χ1) is 10.1. The van der Waals surface area contributed by atoms with Crippen LogP contribution in [-0.2, 0) is 0 Å². The van der Waals surface area contributed by atoms with Crippen LogP contribution in [0.1, 0.15) is 10.4 Å². The van der Waals surface area contributed by atoms with Crippen LogP contribution in [0.4, 0.5) is 17.5 Å². The number of hydrogen-bond acceptors (Lipinski definition) is 6. The van der Waals surface area contributed by atoms with Gasteiger partial charge in [0.1, 0.15) is 10.6 Å². The molecule has 0 fully saturated rings. The molecule has 0 aliphatic rings. The van der Waals surface area contributed by atoms with E-state index in [1.807, 2.05) is 19.1 Å². The van der Waals surface area contributed by atoms with E-state index in [0.717, 1.165) is 25.3 Å². The first-order valence-electron chi connectivity index (χ1n) is 6.07. The van der Waals surface area contributed by atoms with Crippen molar-refractivity contribution in [1.82, 2.24) is 9.97 Å². The molecule has 0 spiro atoms. The van der Waals surface area contributed by atoms with E-state index in [1.165, 1.54) is 0 Å². The van der Waals surface area contributed by atoms with Gasteiger partial charge in [0.25, 0.3) is 0 Å². The van der Waals surface area contributed by atoms with Crippen molar-refractivity contribution in [3.8, 4) is 6.07 Å². The Labute approximate surface area is 133 Å². The third kappa shape index (κ3) is 2.68. The molecule has 0 unspecified atom stereocenters. The Morgan fingerprint density at radius 3 is 2.86 bits per heavy atom. The largest absolute Gasteiger partial charge is 0.368 e. The lowest BCUT2D eigenvalue weighted by Crippen LogP contribution is -2.00. The fourth-order valence-corrected chi connectivity index (χ4v) is 3.33. The number of hydrogen-bond donors (Lipinski definition) is 2. The highest BCUT2D eigenvalue weighted by Crippen LogP contribution is 2.33. The van der Waals surface area contributed by atoms with Crippen LogP contribution in [0, 0.1) is 18.3 Å². The van der Waals surface area contributed by atoms with Crippen molar-refractivity contribution < 1.29 is 0 Å². The maximum Gasteiger partial charge on any atom is 0.223 e. The van der Waals surface area contributed by atoms with Crippen LogP contribution < -0.4 is 11.1 Å². The van der Waals surface area contributed by atoms with E-state index in [-0.39, 0.29) is 5.95 Å². The zero-order valence-corrected chi connectivity index (χ0v) is 13.4. The molecular formula is C14H10BrN5S. The molecule has 104 valence electrons. The monoisotopic (exact) mass is 359 g/mol. The lowest BCUT2D eigenvalue weighted by Gasteiger charge is -2.09. The molecule has 0 radical (unpaired) electrons. The van der Waals surface area contributed by atoms with E-state index >= 15 is 0 Å². The molecule has 0 aliphatic carbocycles. The van der Waals surface area contributed by atoms with Crippen LogP contribution in [0.5, 0.6) is 0 Å². The topological polar surface area (TPSA) is 87.6 Å². The maximum atomic E-state index is 8.90. The molecule has 0 amide bonds. The quantitative estimate of drug-likeness (QED) is 0.722. The number of fused-ring (bicyclic) bond motifs is 1. The summed E-state index contributed by atoms with van der Waals surface area (Å²) in [5.74, 6) is 0.892. The summed E-state index contributed by atoms with van der Waals surface area (Å²) in [5, 5.41) is 13.1. The predicted molar refractivity (Wildman–Crippen MR) is 88.7 cm³/mol. The van der Waals surface area contributed by atoms with Gasteiger partial charge >= 0.3 is 0 Å². The number of rotatable bonds is 2. The van der Waals surface area contributed by atoms with Gasteiger partial charge in [0.05, 0.1) is 22.7 Å². The molecule has 1 aromatic carbocycles. The SMILES string of the molecule is Cc1cc2c(Nc3ccc(C#N)cc3Br)nc(N)nc2s1. The minimum absolute atomic E-state index is 0.233. The maximum absolute atomic E-state index is 8.90. The van der Waals surface area contributed by atoms with Gasteiger partial charge in [0.2, 0.25) is 5.95 Å². The zero-order valence-electron chi connectivity index (χ0n) is 11.0. The van der Waals surface area contributed by atoms with Gasteiger partial charge in [-0.05, 0) is 47.1 Å². The summed E-state index contributed by atoms with van der Waals surface area (Å²) < 4.78 is 0.791. The summed E-state index contributed by atoms with van der Waals surface area (Å²) in [6, 6.07) is 9.45. The zero-order chi connectivity index (χ0) is 15.0. The number of nitrogens with two attached hydrogens (primary N) is 1. The first-order valence-corrected chi connectivity index (χ1v) is 7.68. The molecule has 0 saturated heterocycles. The second-order valence-electron chi connectivity index (χ2n) is 4.44. The fourth-order valence-electron chi connectivity index (χ4n) is 1.97. The highest BCUT2D eigenvalue weighted by molar-refractivity contribution is 9.10. The molecule has 7 heteroatoms. The predicted octanol–water partition coefficient (Wildman–Crippen LogP) is 3.96. The van der Waals surface area contributed by atoms with E-state index in [1.54, 1.807) is 23.5 Å². The lowest BCUT2D eigenvalue weighted by molar-refractivity contribution is 1.24. The van der Waals surface area contributed by atoms with Gasteiger partial charge in [-0.25, -0.2) is 4.98 Å². The fraction of sp³-hybridized carbons (Fsp3) is 0.0714. The number of nitrogens with zero attached hydrogens (tertiary/aromatic N) is 3. The highest BCUT2D eigenvalue weighted by atomic mass is 79.9. The van der Waals surface area contributed by atoms with Gasteiger partial charge in [-0.15, -0.1) is 11.3 Å². The molecule has 3 aromatic rings. The summed E-state index contributed by atoms with van der Waals surface area (Å²) in [5.41, 5.74) is 7.17. The minimum atomic E-state index is 0.233. The summed E-state index contributed by atoms with van der Waals surface area (Å²) in [6.07, 6.45) is 0. The molecule has 3 N–H and O–H groups in total. The third-order valence-corrected chi connectivity index (χ3v) is 4.48. The molecule has 2 aromatic heterocycles. The van der Waals surface area contributed by atoms with Crippen LogP contribution in [-0.4, -0.2) is 9.97 Å². The molecule has 5 nitrogen and oxygen atoms in total. The van der Waals surface area contributed by atoms with Gasteiger partial charge in [-0.2, -0.15) is 10.2 Å². The lowest BCUT2D eigenvalue weighted by atomic mass is 10.2. The summed E-state index contributed by atoms with van der Waals surface area (Å²) in [4.78, 5) is 10.5. The molecule has 0 bridgehead atoms. The standard InChI is InChI=1S/C14H10BrN5S/c1-7-4-9-12(19-14(17)20-13(9)21-7)18-11-3-2-8(6-16)5-10(11)15/h2-5H,1H3,(H3,17,18,19,20). The number of benzene rings is 1. The second kappa shape index (κ2) is 5.31. The Hall–Kier alpha value is -2.17. The number of aromatic nitrogens is 2. The van der Waals surface area contributed by atoms with Crippen molar-refractivity contribution in [2.24, 2.45) is 0 Å². The van der Waals surface area contributed by atoms with Crippen LogP contribution in [0.3, 0.4) is 0 Å². The number of nitrogen functional groups attached to an aromatic ring is 1. The normalized spacial score (nSPS) is 10.5. The van der Waals surface area contributed by atoms with Gasteiger partial charge < -0.3 is 11.1 Å². The van der Waals surface area contributed by atoms with Crippen LogP contribution in [0.15, 0.2) is 28.7 Å².